The smallest absolute Gasteiger partial charge is 0.410 e. The lowest BCUT2D eigenvalue weighted by molar-refractivity contribution is -0.144. The highest BCUT2D eigenvalue weighted by Crippen LogP contribution is 2.11. The maximum Gasteiger partial charge on any atom is 0.410 e. The standard InChI is InChI=1S/C15H28N4O4.HI/c1-11(12(20)22-5)10-17-13(16)18-6-8-19(9-7-18)14(21)23-15(2,3)4;/h11H,6-10H2,1-5H3,(H2,16,17);1H. The van der Waals surface area contributed by atoms with E-state index in [-0.39, 0.29) is 48.5 Å². The van der Waals surface area contributed by atoms with Crippen molar-refractivity contribution in [2.24, 2.45) is 16.6 Å². The van der Waals surface area contributed by atoms with Gasteiger partial charge >= 0.3 is 12.1 Å². The second kappa shape index (κ2) is 9.90. The number of guanidine groups is 1. The van der Waals surface area contributed by atoms with E-state index in [2.05, 4.69) is 9.73 Å². The van der Waals surface area contributed by atoms with E-state index in [9.17, 15) is 9.59 Å². The summed E-state index contributed by atoms with van der Waals surface area (Å²) in [4.78, 5) is 31.1. The number of piperazine rings is 1. The fraction of sp³-hybridized carbons (Fsp3) is 0.800. The minimum Gasteiger partial charge on any atom is -0.469 e. The summed E-state index contributed by atoms with van der Waals surface area (Å²) in [5.74, 6) is -0.262. The molecule has 9 heteroatoms. The van der Waals surface area contributed by atoms with Crippen LogP contribution in [0.4, 0.5) is 4.79 Å². The largest absolute Gasteiger partial charge is 0.469 e. The third-order valence-electron chi connectivity index (χ3n) is 3.39. The average Bonchev–Trinajstić information content (AvgIpc) is 2.49. The SMILES string of the molecule is COC(=O)C(C)CN=C(N)N1CCN(C(=O)OC(C)(C)C)CC1.I. The molecule has 1 fully saturated rings. The molecule has 24 heavy (non-hydrogen) atoms. The van der Waals surface area contributed by atoms with Crippen LogP contribution >= 0.6 is 24.0 Å². The van der Waals surface area contributed by atoms with Crippen molar-refractivity contribution in [1.82, 2.24) is 9.80 Å². The molecule has 1 aliphatic rings. The zero-order chi connectivity index (χ0) is 17.6. The maximum atomic E-state index is 12.0. The highest BCUT2D eigenvalue weighted by Gasteiger charge is 2.26. The quantitative estimate of drug-likeness (QED) is 0.298. The van der Waals surface area contributed by atoms with Gasteiger partial charge in [-0.2, -0.15) is 0 Å². The zero-order valence-corrected chi connectivity index (χ0v) is 17.4. The van der Waals surface area contributed by atoms with Crippen LogP contribution in [0.2, 0.25) is 0 Å². The van der Waals surface area contributed by atoms with Crippen LogP contribution in [0, 0.1) is 5.92 Å². The minimum atomic E-state index is -0.501. The van der Waals surface area contributed by atoms with E-state index in [1.807, 2.05) is 25.7 Å². The van der Waals surface area contributed by atoms with Crippen LogP contribution in [0.1, 0.15) is 27.7 Å². The first-order valence-corrected chi connectivity index (χ1v) is 7.74. The Morgan fingerprint density at radius 1 is 1.17 bits per heavy atom. The second-order valence-electron chi connectivity index (χ2n) is 6.58. The molecule has 1 atom stereocenters. The average molecular weight is 456 g/mol. The van der Waals surface area contributed by atoms with Crippen LogP contribution in [0.3, 0.4) is 0 Å². The van der Waals surface area contributed by atoms with Crippen molar-refractivity contribution in [2.75, 3.05) is 39.8 Å². The van der Waals surface area contributed by atoms with Gasteiger partial charge < -0.3 is 25.0 Å². The number of esters is 1. The molecule has 0 saturated carbocycles. The molecule has 2 N–H and O–H groups in total. The number of rotatable bonds is 3. The Morgan fingerprint density at radius 2 is 1.67 bits per heavy atom. The molecule has 1 saturated heterocycles. The lowest BCUT2D eigenvalue weighted by Gasteiger charge is -2.36. The fourth-order valence-electron chi connectivity index (χ4n) is 2.05. The lowest BCUT2D eigenvalue weighted by Crippen LogP contribution is -2.53. The van der Waals surface area contributed by atoms with Gasteiger partial charge in [-0.1, -0.05) is 6.92 Å². The monoisotopic (exact) mass is 456 g/mol. The summed E-state index contributed by atoms with van der Waals surface area (Å²) < 4.78 is 10.00. The van der Waals surface area contributed by atoms with Crippen molar-refractivity contribution in [3.63, 3.8) is 0 Å². The molecule has 1 aliphatic heterocycles. The lowest BCUT2D eigenvalue weighted by atomic mass is 10.2. The van der Waals surface area contributed by atoms with Crippen LogP contribution in [-0.2, 0) is 14.3 Å². The Balaban J connectivity index is 0.00000529. The summed E-state index contributed by atoms with van der Waals surface area (Å²) in [5, 5.41) is 0. The van der Waals surface area contributed by atoms with Gasteiger partial charge in [0.05, 0.1) is 19.6 Å². The van der Waals surface area contributed by atoms with Gasteiger partial charge in [0.2, 0.25) is 0 Å². The molecule has 0 aromatic heterocycles. The number of carbonyl (C=O) groups excluding carboxylic acids is 2. The number of halogens is 1. The van der Waals surface area contributed by atoms with Crippen molar-refractivity contribution >= 4 is 42.0 Å². The van der Waals surface area contributed by atoms with Crippen molar-refractivity contribution < 1.29 is 19.1 Å². The molecular formula is C15H29IN4O4. The van der Waals surface area contributed by atoms with Gasteiger partial charge in [0.25, 0.3) is 0 Å². The zero-order valence-electron chi connectivity index (χ0n) is 15.1. The van der Waals surface area contributed by atoms with E-state index < -0.39 is 5.60 Å². The Kier molecular flexibility index (Phi) is 9.38. The van der Waals surface area contributed by atoms with Crippen molar-refractivity contribution in [3.8, 4) is 0 Å². The van der Waals surface area contributed by atoms with E-state index in [0.717, 1.165) is 0 Å². The van der Waals surface area contributed by atoms with E-state index in [0.29, 0.717) is 32.1 Å². The van der Waals surface area contributed by atoms with Crippen molar-refractivity contribution in [1.29, 1.82) is 0 Å². The molecular weight excluding hydrogens is 427 g/mol. The topological polar surface area (TPSA) is 97.5 Å². The van der Waals surface area contributed by atoms with E-state index in [1.54, 1.807) is 11.8 Å². The molecule has 0 radical (unpaired) electrons. The number of hydrogen-bond donors (Lipinski definition) is 1. The molecule has 140 valence electrons. The Labute approximate surface area is 160 Å². The molecule has 8 nitrogen and oxygen atoms in total. The highest BCUT2D eigenvalue weighted by molar-refractivity contribution is 14.0. The summed E-state index contributed by atoms with van der Waals surface area (Å²) in [6.07, 6.45) is -0.313. The molecule has 0 aromatic rings. The fourth-order valence-corrected chi connectivity index (χ4v) is 2.05. The third-order valence-corrected chi connectivity index (χ3v) is 3.39. The minimum absolute atomic E-state index is 0. The number of amides is 1. The van der Waals surface area contributed by atoms with Gasteiger partial charge in [-0.25, -0.2) is 4.79 Å². The van der Waals surface area contributed by atoms with Gasteiger partial charge in [-0.3, -0.25) is 9.79 Å². The van der Waals surface area contributed by atoms with Crippen LogP contribution in [-0.4, -0.2) is 73.3 Å². The van der Waals surface area contributed by atoms with E-state index >= 15 is 0 Å². The number of nitrogens with zero attached hydrogens (tertiary/aromatic N) is 3. The predicted molar refractivity (Wildman–Crippen MR) is 102 cm³/mol. The Bertz CT molecular complexity index is 457. The number of ether oxygens (including phenoxy) is 2. The molecule has 1 rings (SSSR count). The van der Waals surface area contributed by atoms with Crippen LogP contribution in [0.5, 0.6) is 0 Å². The number of nitrogens with two attached hydrogens (primary N) is 1. The first-order chi connectivity index (χ1) is 10.6. The summed E-state index contributed by atoms with van der Waals surface area (Å²) in [5.41, 5.74) is 5.45. The number of hydrogen-bond acceptors (Lipinski definition) is 5. The van der Waals surface area contributed by atoms with Gasteiger partial charge in [-0.15, -0.1) is 24.0 Å². The van der Waals surface area contributed by atoms with Crippen LogP contribution in [0.15, 0.2) is 4.99 Å². The summed E-state index contributed by atoms with van der Waals surface area (Å²) in [7, 11) is 1.35. The van der Waals surface area contributed by atoms with Gasteiger partial charge in [0, 0.05) is 26.2 Å². The van der Waals surface area contributed by atoms with Gasteiger partial charge in [0.1, 0.15) is 5.60 Å². The van der Waals surface area contributed by atoms with Crippen molar-refractivity contribution in [3.05, 3.63) is 0 Å². The number of aliphatic imine (C=N–C) groups is 1. The molecule has 1 amide bonds. The predicted octanol–water partition coefficient (Wildman–Crippen LogP) is 1.28. The Hall–Kier alpha value is -1.26. The first kappa shape index (κ1) is 22.7. The molecule has 0 spiro atoms. The number of carbonyl (C=O) groups is 2. The summed E-state index contributed by atoms with van der Waals surface area (Å²) >= 11 is 0. The second-order valence-corrected chi connectivity index (χ2v) is 6.58. The molecule has 1 heterocycles. The van der Waals surface area contributed by atoms with Gasteiger partial charge in [0.15, 0.2) is 5.96 Å². The number of methoxy groups -OCH3 is 1. The maximum absolute atomic E-state index is 12.0. The molecule has 1 unspecified atom stereocenters. The molecule has 0 bridgehead atoms. The first-order valence-electron chi connectivity index (χ1n) is 7.74. The normalized spacial score (nSPS) is 17.0. The highest BCUT2D eigenvalue weighted by atomic mass is 127. The van der Waals surface area contributed by atoms with Crippen LogP contribution < -0.4 is 5.73 Å². The van der Waals surface area contributed by atoms with E-state index in [1.165, 1.54) is 7.11 Å². The summed E-state index contributed by atoms with van der Waals surface area (Å²) in [6.45, 7) is 9.77. The van der Waals surface area contributed by atoms with E-state index in [4.69, 9.17) is 10.5 Å². The summed E-state index contributed by atoms with van der Waals surface area (Å²) in [6, 6.07) is 0. The van der Waals surface area contributed by atoms with Crippen molar-refractivity contribution in [2.45, 2.75) is 33.3 Å². The molecule has 0 aromatic carbocycles. The molecule has 0 aliphatic carbocycles. The Morgan fingerprint density at radius 3 is 2.12 bits per heavy atom. The van der Waals surface area contributed by atoms with Crippen LogP contribution in [0.25, 0.3) is 0 Å². The van der Waals surface area contributed by atoms with Gasteiger partial charge in [-0.05, 0) is 20.8 Å². The third kappa shape index (κ3) is 7.54.